The molecule has 126 valence electrons. The molecule has 0 spiro atoms. The second-order valence-electron chi connectivity index (χ2n) is 6.60. The maximum atomic E-state index is 4.94. The highest BCUT2D eigenvalue weighted by molar-refractivity contribution is 5.76. The minimum Gasteiger partial charge on any atom is -0.264 e. The van der Waals surface area contributed by atoms with Crippen LogP contribution < -0.4 is 0 Å². The third-order valence-corrected chi connectivity index (χ3v) is 4.51. The summed E-state index contributed by atoms with van der Waals surface area (Å²) >= 11 is 0. The number of aromatic nitrogens is 2. The van der Waals surface area contributed by atoms with Gasteiger partial charge in [-0.25, -0.2) is 4.98 Å². The van der Waals surface area contributed by atoms with Gasteiger partial charge in [-0.15, -0.1) is 0 Å². The second-order valence-corrected chi connectivity index (χ2v) is 6.60. The minimum atomic E-state index is 0.974. The average Bonchev–Trinajstić information content (AvgIpc) is 2.69. The maximum absolute atomic E-state index is 4.94. The molecule has 2 heteroatoms. The van der Waals surface area contributed by atoms with Crippen molar-refractivity contribution in [3.8, 4) is 33.6 Å². The lowest BCUT2D eigenvalue weighted by Crippen LogP contribution is -1.91. The first-order chi connectivity index (χ1) is 12.7. The Hall–Kier alpha value is -3.26. The number of benzene rings is 2. The molecule has 0 saturated carbocycles. The molecule has 4 rings (SSSR count). The van der Waals surface area contributed by atoms with Gasteiger partial charge in [-0.05, 0) is 37.6 Å². The van der Waals surface area contributed by atoms with Crippen LogP contribution in [-0.4, -0.2) is 9.97 Å². The molecule has 2 aromatic heterocycles. The Kier molecular flexibility index (Phi) is 4.32. The van der Waals surface area contributed by atoms with Crippen LogP contribution in [0.5, 0.6) is 0 Å². The van der Waals surface area contributed by atoms with Gasteiger partial charge >= 0.3 is 0 Å². The number of aryl methyl sites for hydroxylation is 2. The molecule has 0 unspecified atom stereocenters. The zero-order valence-electron chi connectivity index (χ0n) is 15.0. The zero-order valence-corrected chi connectivity index (χ0v) is 15.0. The summed E-state index contributed by atoms with van der Waals surface area (Å²) in [5, 5.41) is 0. The van der Waals surface area contributed by atoms with Gasteiger partial charge in [0.15, 0.2) is 0 Å². The van der Waals surface area contributed by atoms with E-state index in [9.17, 15) is 0 Å². The van der Waals surface area contributed by atoms with Crippen molar-refractivity contribution in [2.45, 2.75) is 13.8 Å². The molecule has 0 atom stereocenters. The van der Waals surface area contributed by atoms with Crippen LogP contribution in [0.25, 0.3) is 33.6 Å². The fourth-order valence-electron chi connectivity index (χ4n) is 2.98. The third kappa shape index (κ3) is 3.40. The van der Waals surface area contributed by atoms with Crippen molar-refractivity contribution in [3.05, 3.63) is 96.3 Å². The van der Waals surface area contributed by atoms with Crippen LogP contribution in [-0.2, 0) is 0 Å². The van der Waals surface area contributed by atoms with Crippen LogP contribution in [0.4, 0.5) is 0 Å². The SMILES string of the molecule is Cc1ccc(-c2cc(-c3cccnc3)cc(-c3ccc(C)cc3)n2)cc1. The molecule has 0 saturated heterocycles. The summed E-state index contributed by atoms with van der Waals surface area (Å²) < 4.78 is 0. The predicted octanol–water partition coefficient (Wildman–Crippen LogP) is 6.09. The van der Waals surface area contributed by atoms with E-state index in [0.717, 1.165) is 33.6 Å². The number of nitrogens with zero attached hydrogens (tertiary/aromatic N) is 2. The van der Waals surface area contributed by atoms with E-state index in [1.165, 1.54) is 11.1 Å². The van der Waals surface area contributed by atoms with E-state index in [1.807, 2.05) is 12.3 Å². The standard InChI is InChI=1S/C24H20N2/c1-17-5-9-19(10-6-17)23-14-22(21-4-3-13-25-16-21)15-24(26-23)20-11-7-18(2)8-12-20/h3-16H,1-2H3. The van der Waals surface area contributed by atoms with Gasteiger partial charge in [0.05, 0.1) is 11.4 Å². The smallest absolute Gasteiger partial charge is 0.0715 e. The number of hydrogen-bond donors (Lipinski definition) is 0. The Morgan fingerprint density at radius 3 is 1.58 bits per heavy atom. The van der Waals surface area contributed by atoms with E-state index in [0.29, 0.717) is 0 Å². The quantitative estimate of drug-likeness (QED) is 0.452. The first kappa shape index (κ1) is 16.2. The largest absolute Gasteiger partial charge is 0.264 e. The van der Waals surface area contributed by atoms with Gasteiger partial charge in [0.25, 0.3) is 0 Å². The Balaban J connectivity index is 1.89. The molecule has 0 aliphatic carbocycles. The van der Waals surface area contributed by atoms with Crippen molar-refractivity contribution in [1.82, 2.24) is 9.97 Å². The van der Waals surface area contributed by atoms with Crippen LogP contribution in [0, 0.1) is 13.8 Å². The van der Waals surface area contributed by atoms with Crippen LogP contribution in [0.3, 0.4) is 0 Å². The molecular formula is C24H20N2. The van der Waals surface area contributed by atoms with Crippen molar-refractivity contribution >= 4 is 0 Å². The molecule has 0 N–H and O–H groups in total. The van der Waals surface area contributed by atoms with E-state index >= 15 is 0 Å². The monoisotopic (exact) mass is 336 g/mol. The molecule has 2 heterocycles. The lowest BCUT2D eigenvalue weighted by Gasteiger charge is -2.10. The molecule has 0 radical (unpaired) electrons. The highest BCUT2D eigenvalue weighted by atomic mass is 14.7. The summed E-state index contributed by atoms with van der Waals surface area (Å²) in [6.45, 7) is 4.20. The molecule has 26 heavy (non-hydrogen) atoms. The summed E-state index contributed by atoms with van der Waals surface area (Å²) in [6, 6.07) is 25.3. The molecule has 0 aliphatic rings. The maximum Gasteiger partial charge on any atom is 0.0715 e. The average molecular weight is 336 g/mol. The van der Waals surface area contributed by atoms with Crippen molar-refractivity contribution in [2.24, 2.45) is 0 Å². The van der Waals surface area contributed by atoms with E-state index in [4.69, 9.17) is 4.98 Å². The number of rotatable bonds is 3. The van der Waals surface area contributed by atoms with Gasteiger partial charge in [0.2, 0.25) is 0 Å². The number of hydrogen-bond acceptors (Lipinski definition) is 2. The van der Waals surface area contributed by atoms with Gasteiger partial charge in [-0.1, -0.05) is 65.7 Å². The molecule has 2 aromatic carbocycles. The Bertz CT molecular complexity index is 954. The molecule has 0 amide bonds. The van der Waals surface area contributed by atoms with E-state index in [-0.39, 0.29) is 0 Å². The zero-order chi connectivity index (χ0) is 17.9. The number of pyridine rings is 2. The van der Waals surface area contributed by atoms with Crippen molar-refractivity contribution in [3.63, 3.8) is 0 Å². The van der Waals surface area contributed by atoms with Crippen LogP contribution >= 0.6 is 0 Å². The Morgan fingerprint density at radius 1 is 0.577 bits per heavy atom. The van der Waals surface area contributed by atoms with Gasteiger partial charge in [0.1, 0.15) is 0 Å². The molecule has 0 fully saturated rings. The first-order valence-electron chi connectivity index (χ1n) is 8.76. The second kappa shape index (κ2) is 6.93. The molecule has 2 nitrogen and oxygen atoms in total. The van der Waals surface area contributed by atoms with Crippen LogP contribution in [0.1, 0.15) is 11.1 Å². The first-order valence-corrected chi connectivity index (χ1v) is 8.76. The predicted molar refractivity (Wildman–Crippen MR) is 108 cm³/mol. The van der Waals surface area contributed by atoms with E-state index in [2.05, 4.69) is 85.6 Å². The van der Waals surface area contributed by atoms with Gasteiger partial charge in [-0.3, -0.25) is 4.98 Å². The van der Waals surface area contributed by atoms with E-state index < -0.39 is 0 Å². The minimum absolute atomic E-state index is 0.974. The van der Waals surface area contributed by atoms with Gasteiger partial charge in [-0.2, -0.15) is 0 Å². The summed E-state index contributed by atoms with van der Waals surface area (Å²) in [7, 11) is 0. The fraction of sp³-hybridized carbons (Fsp3) is 0.0833. The highest BCUT2D eigenvalue weighted by Crippen LogP contribution is 2.30. The summed E-state index contributed by atoms with van der Waals surface area (Å²) in [5.41, 5.74) is 8.90. The van der Waals surface area contributed by atoms with Crippen LogP contribution in [0.2, 0.25) is 0 Å². The third-order valence-electron chi connectivity index (χ3n) is 4.51. The van der Waals surface area contributed by atoms with E-state index in [1.54, 1.807) is 6.20 Å². The van der Waals surface area contributed by atoms with Crippen molar-refractivity contribution < 1.29 is 0 Å². The lowest BCUT2D eigenvalue weighted by molar-refractivity contribution is 1.30. The topological polar surface area (TPSA) is 25.8 Å². The Labute approximate surface area is 154 Å². The van der Waals surface area contributed by atoms with Crippen molar-refractivity contribution in [2.75, 3.05) is 0 Å². The molecular weight excluding hydrogens is 316 g/mol. The Morgan fingerprint density at radius 2 is 1.12 bits per heavy atom. The lowest BCUT2D eigenvalue weighted by atomic mass is 10.0. The fourth-order valence-corrected chi connectivity index (χ4v) is 2.98. The molecule has 4 aromatic rings. The summed E-state index contributed by atoms with van der Waals surface area (Å²) in [4.78, 5) is 9.21. The normalized spacial score (nSPS) is 10.7. The van der Waals surface area contributed by atoms with Gasteiger partial charge in [0, 0.05) is 29.1 Å². The van der Waals surface area contributed by atoms with Crippen molar-refractivity contribution in [1.29, 1.82) is 0 Å². The highest BCUT2D eigenvalue weighted by Gasteiger charge is 2.09. The summed E-state index contributed by atoms with van der Waals surface area (Å²) in [5.74, 6) is 0. The van der Waals surface area contributed by atoms with Gasteiger partial charge < -0.3 is 0 Å². The molecule has 0 aliphatic heterocycles. The summed E-state index contributed by atoms with van der Waals surface area (Å²) in [6.07, 6.45) is 3.69. The molecule has 0 bridgehead atoms. The van der Waals surface area contributed by atoms with Crippen LogP contribution in [0.15, 0.2) is 85.2 Å².